The summed E-state index contributed by atoms with van der Waals surface area (Å²) < 4.78 is 97.6. The van der Waals surface area contributed by atoms with Crippen LogP contribution in [0.5, 0.6) is 11.5 Å². The molecular formula is C16H13F5N2O5S. The fourth-order valence-corrected chi connectivity index (χ4v) is 3.11. The van der Waals surface area contributed by atoms with Gasteiger partial charge >= 0.3 is 18.7 Å². The molecule has 0 heterocycles. The molecule has 0 fully saturated rings. The Morgan fingerprint density at radius 3 is 2.10 bits per heavy atom. The largest absolute Gasteiger partial charge is 0.493 e. The lowest BCUT2D eigenvalue weighted by atomic mass is 10.3. The van der Waals surface area contributed by atoms with Gasteiger partial charge in [0.2, 0.25) is 0 Å². The lowest BCUT2D eigenvalue weighted by Crippen LogP contribution is -2.29. The van der Waals surface area contributed by atoms with Gasteiger partial charge in [-0.2, -0.15) is 22.0 Å². The van der Waals surface area contributed by atoms with Gasteiger partial charge in [-0.05, 0) is 36.4 Å². The maximum absolute atomic E-state index is 12.5. The van der Waals surface area contributed by atoms with Crippen LogP contribution in [0, 0.1) is 0 Å². The second-order valence-electron chi connectivity index (χ2n) is 5.33. The van der Waals surface area contributed by atoms with Crippen molar-refractivity contribution in [2.45, 2.75) is 17.7 Å². The van der Waals surface area contributed by atoms with Crippen LogP contribution in [0.25, 0.3) is 0 Å². The summed E-state index contributed by atoms with van der Waals surface area (Å²) in [6, 6.07) is 7.22. The van der Waals surface area contributed by atoms with Gasteiger partial charge in [-0.15, -0.1) is 0 Å². The molecule has 29 heavy (non-hydrogen) atoms. The summed E-state index contributed by atoms with van der Waals surface area (Å²) in [5, 5.41) is 1.57. The van der Waals surface area contributed by atoms with Crippen LogP contribution >= 0.6 is 0 Å². The van der Waals surface area contributed by atoms with Crippen LogP contribution in [0.1, 0.15) is 0 Å². The van der Waals surface area contributed by atoms with Crippen LogP contribution in [0.15, 0.2) is 47.4 Å². The van der Waals surface area contributed by atoms with Crippen molar-refractivity contribution in [3.63, 3.8) is 0 Å². The number of rotatable bonds is 7. The van der Waals surface area contributed by atoms with Crippen molar-refractivity contribution in [1.29, 1.82) is 0 Å². The Labute approximate surface area is 161 Å². The fourth-order valence-electron chi connectivity index (χ4n) is 2.06. The van der Waals surface area contributed by atoms with Crippen molar-refractivity contribution in [3.05, 3.63) is 42.5 Å². The van der Waals surface area contributed by atoms with Gasteiger partial charge in [0.25, 0.3) is 10.0 Å². The van der Waals surface area contributed by atoms with E-state index in [9.17, 15) is 35.2 Å². The first-order chi connectivity index (χ1) is 13.4. The van der Waals surface area contributed by atoms with E-state index >= 15 is 0 Å². The molecule has 2 aromatic rings. The quantitative estimate of drug-likeness (QED) is 0.642. The summed E-state index contributed by atoms with van der Waals surface area (Å²) in [7, 11) is -3.02. The number of nitrogens with one attached hydrogen (secondary N) is 2. The highest BCUT2D eigenvalue weighted by Crippen LogP contribution is 2.32. The first-order valence-electron chi connectivity index (χ1n) is 7.56. The monoisotopic (exact) mass is 440 g/mol. The van der Waals surface area contributed by atoms with Gasteiger partial charge in [0, 0.05) is 11.8 Å². The molecule has 158 valence electrons. The smallest absolute Gasteiger partial charge is 0.471 e. The molecule has 2 N–H and O–H groups in total. The zero-order valence-corrected chi connectivity index (χ0v) is 15.3. The Kier molecular flexibility index (Phi) is 6.51. The van der Waals surface area contributed by atoms with Gasteiger partial charge in [0.05, 0.1) is 17.7 Å². The highest BCUT2D eigenvalue weighted by atomic mass is 32.2. The van der Waals surface area contributed by atoms with Crippen molar-refractivity contribution >= 4 is 27.3 Å². The predicted octanol–water partition coefficient (Wildman–Crippen LogP) is 3.60. The maximum atomic E-state index is 12.5. The van der Waals surface area contributed by atoms with Gasteiger partial charge in [-0.3, -0.25) is 9.52 Å². The molecule has 2 rings (SSSR count). The number of anilines is 2. The van der Waals surface area contributed by atoms with E-state index in [-0.39, 0.29) is 22.0 Å². The second kappa shape index (κ2) is 8.51. The van der Waals surface area contributed by atoms with Crippen LogP contribution in [-0.2, 0) is 14.8 Å². The minimum atomic E-state index is -5.10. The Hall–Kier alpha value is -3.09. The molecular weight excluding hydrogens is 427 g/mol. The number of methoxy groups -OCH3 is 1. The van der Waals surface area contributed by atoms with E-state index in [1.807, 2.05) is 0 Å². The van der Waals surface area contributed by atoms with Crippen molar-refractivity contribution in [2.75, 3.05) is 17.1 Å². The summed E-state index contributed by atoms with van der Waals surface area (Å²) >= 11 is 0. The zero-order chi connectivity index (χ0) is 21.8. The Balaban J connectivity index is 2.20. The van der Waals surface area contributed by atoms with Gasteiger partial charge in [-0.25, -0.2) is 8.42 Å². The summed E-state index contributed by atoms with van der Waals surface area (Å²) in [6.07, 6.45) is -5.10. The molecule has 0 aromatic heterocycles. The van der Waals surface area contributed by atoms with Crippen LogP contribution in [0.3, 0.4) is 0 Å². The first-order valence-corrected chi connectivity index (χ1v) is 9.04. The van der Waals surface area contributed by atoms with Crippen LogP contribution in [-0.4, -0.2) is 34.2 Å². The molecule has 0 aliphatic heterocycles. The molecule has 0 saturated carbocycles. The number of alkyl halides is 5. The van der Waals surface area contributed by atoms with Crippen LogP contribution < -0.4 is 19.5 Å². The second-order valence-corrected chi connectivity index (χ2v) is 7.01. The number of hydrogen-bond donors (Lipinski definition) is 2. The molecule has 0 aliphatic carbocycles. The average molecular weight is 440 g/mol. The number of hydrogen-bond acceptors (Lipinski definition) is 5. The predicted molar refractivity (Wildman–Crippen MR) is 91.6 cm³/mol. The summed E-state index contributed by atoms with van der Waals surface area (Å²) in [6.45, 7) is -3.17. The van der Waals surface area contributed by atoms with Gasteiger partial charge in [0.15, 0.2) is 11.5 Å². The fraction of sp³-hybridized carbons (Fsp3) is 0.188. The van der Waals surface area contributed by atoms with Crippen molar-refractivity contribution in [3.8, 4) is 11.5 Å². The molecule has 2 aromatic carbocycles. The van der Waals surface area contributed by atoms with Crippen LogP contribution in [0.2, 0.25) is 0 Å². The standard InChI is InChI=1S/C16H13F5N2O5S/c1-27-12-7-4-10(8-13(12)28-15(17)18)23-29(25,26)11-5-2-9(3-6-11)22-14(24)16(19,20)21/h2-8,15,23H,1H3,(H,22,24). The van der Waals surface area contributed by atoms with E-state index < -0.39 is 34.5 Å². The minimum Gasteiger partial charge on any atom is -0.493 e. The van der Waals surface area contributed by atoms with E-state index in [0.29, 0.717) is 0 Å². The molecule has 0 atom stereocenters. The van der Waals surface area contributed by atoms with Crippen molar-refractivity contribution < 1.29 is 44.6 Å². The highest BCUT2D eigenvalue weighted by Gasteiger charge is 2.38. The maximum Gasteiger partial charge on any atom is 0.471 e. The normalized spacial score (nSPS) is 11.8. The van der Waals surface area contributed by atoms with Gasteiger partial charge < -0.3 is 14.8 Å². The molecule has 0 bridgehead atoms. The average Bonchev–Trinajstić information content (AvgIpc) is 2.61. The Morgan fingerprint density at radius 2 is 1.59 bits per heavy atom. The molecule has 1 amide bonds. The van der Waals surface area contributed by atoms with Gasteiger partial charge in [-0.1, -0.05) is 0 Å². The zero-order valence-electron chi connectivity index (χ0n) is 14.5. The summed E-state index contributed by atoms with van der Waals surface area (Å²) in [4.78, 5) is 10.5. The molecule has 7 nitrogen and oxygen atoms in total. The number of carbonyl (C=O) groups is 1. The highest BCUT2D eigenvalue weighted by molar-refractivity contribution is 7.92. The molecule has 0 saturated heterocycles. The Morgan fingerprint density at radius 1 is 1.00 bits per heavy atom. The van der Waals surface area contributed by atoms with Crippen molar-refractivity contribution in [2.24, 2.45) is 0 Å². The van der Waals surface area contributed by atoms with E-state index in [0.717, 1.165) is 30.3 Å². The molecule has 0 aliphatic rings. The van der Waals surface area contributed by atoms with E-state index in [1.165, 1.54) is 19.2 Å². The molecule has 0 radical (unpaired) electrons. The Bertz CT molecular complexity index is 978. The number of halogens is 5. The topological polar surface area (TPSA) is 93.7 Å². The molecule has 0 unspecified atom stereocenters. The van der Waals surface area contributed by atoms with Crippen molar-refractivity contribution in [1.82, 2.24) is 0 Å². The molecule has 0 spiro atoms. The van der Waals surface area contributed by atoms with Crippen LogP contribution in [0.4, 0.5) is 33.3 Å². The lowest BCUT2D eigenvalue weighted by molar-refractivity contribution is -0.167. The SMILES string of the molecule is COc1ccc(NS(=O)(=O)c2ccc(NC(=O)C(F)(F)F)cc2)cc1OC(F)F. The summed E-state index contributed by atoms with van der Waals surface area (Å²) in [5.74, 6) is -2.68. The lowest BCUT2D eigenvalue weighted by Gasteiger charge is -2.13. The third-order valence-corrected chi connectivity index (χ3v) is 4.71. The first kappa shape index (κ1) is 22.2. The number of benzene rings is 2. The van der Waals surface area contributed by atoms with E-state index in [1.54, 1.807) is 5.32 Å². The third-order valence-electron chi connectivity index (χ3n) is 3.31. The number of sulfonamides is 1. The third kappa shape index (κ3) is 5.94. The van der Waals surface area contributed by atoms with Gasteiger partial charge in [0.1, 0.15) is 0 Å². The molecule has 13 heteroatoms. The van der Waals surface area contributed by atoms with E-state index in [4.69, 9.17) is 4.74 Å². The summed E-state index contributed by atoms with van der Waals surface area (Å²) in [5.41, 5.74) is -0.403. The number of carbonyl (C=O) groups excluding carboxylic acids is 1. The van der Waals surface area contributed by atoms with E-state index in [2.05, 4.69) is 9.46 Å². The number of amides is 1. The number of ether oxygens (including phenoxy) is 2. The minimum absolute atomic E-state index is 0.0574.